The lowest BCUT2D eigenvalue weighted by atomic mass is 9.73. The van der Waals surface area contributed by atoms with E-state index in [0.717, 1.165) is 18.6 Å². The van der Waals surface area contributed by atoms with E-state index in [4.69, 9.17) is 25.8 Å². The van der Waals surface area contributed by atoms with Gasteiger partial charge >= 0.3 is 6.18 Å². The summed E-state index contributed by atoms with van der Waals surface area (Å²) in [6.45, 7) is 1.73. The van der Waals surface area contributed by atoms with Crippen LogP contribution in [0, 0.1) is 0 Å². The van der Waals surface area contributed by atoms with Crippen molar-refractivity contribution in [2.45, 2.75) is 37.4 Å². The molecule has 0 unspecified atom stereocenters. The Kier molecular flexibility index (Phi) is 6.53. The van der Waals surface area contributed by atoms with Crippen molar-refractivity contribution in [1.82, 2.24) is 5.32 Å². The Morgan fingerprint density at radius 2 is 1.81 bits per heavy atom. The van der Waals surface area contributed by atoms with Crippen LogP contribution >= 0.6 is 11.6 Å². The van der Waals surface area contributed by atoms with E-state index in [9.17, 15) is 18.0 Å². The summed E-state index contributed by atoms with van der Waals surface area (Å²) in [5.74, 6) is 0.644. The molecule has 0 bridgehead atoms. The molecule has 0 aromatic heterocycles. The molecule has 1 amide bonds. The number of hydrogen-bond acceptors (Lipinski definition) is 4. The number of hydrogen-bond donors (Lipinski definition) is 1. The lowest BCUT2D eigenvalue weighted by Gasteiger charge is -2.36. The van der Waals surface area contributed by atoms with Crippen molar-refractivity contribution >= 4 is 17.5 Å². The van der Waals surface area contributed by atoms with Gasteiger partial charge in [0.15, 0.2) is 11.5 Å². The first-order valence-electron chi connectivity index (χ1n) is 10.4. The molecule has 2 heterocycles. The second-order valence-corrected chi connectivity index (χ2v) is 8.32. The number of halogens is 4. The van der Waals surface area contributed by atoms with E-state index < -0.39 is 17.2 Å². The van der Waals surface area contributed by atoms with Crippen LogP contribution < -0.4 is 14.8 Å². The first kappa shape index (κ1) is 22.7. The summed E-state index contributed by atoms with van der Waals surface area (Å²) < 4.78 is 56.5. The number of alkyl halides is 3. The maximum Gasteiger partial charge on any atom is 0.416 e. The minimum atomic E-state index is -4.49. The van der Waals surface area contributed by atoms with Crippen LogP contribution in [0.25, 0.3) is 0 Å². The average Bonchev–Trinajstić information content (AvgIpc) is 3.03. The molecule has 1 saturated heterocycles. The molecule has 0 aliphatic carbocycles. The van der Waals surface area contributed by atoms with Crippen molar-refractivity contribution in [2.24, 2.45) is 0 Å². The Labute approximate surface area is 188 Å². The number of amides is 1. The van der Waals surface area contributed by atoms with Gasteiger partial charge < -0.3 is 19.5 Å². The highest BCUT2D eigenvalue weighted by Gasteiger charge is 2.43. The van der Waals surface area contributed by atoms with Crippen molar-refractivity contribution in [2.75, 3.05) is 26.4 Å². The third-order valence-electron chi connectivity index (χ3n) is 5.84. The van der Waals surface area contributed by atoms with Gasteiger partial charge in [-0.15, -0.1) is 0 Å². The van der Waals surface area contributed by atoms with Crippen molar-refractivity contribution in [3.63, 3.8) is 0 Å². The van der Waals surface area contributed by atoms with Crippen LogP contribution in [0.5, 0.6) is 11.5 Å². The van der Waals surface area contributed by atoms with Gasteiger partial charge in [0.2, 0.25) is 5.91 Å². The molecule has 0 saturated carbocycles. The maximum atomic E-state index is 13.3. The van der Waals surface area contributed by atoms with E-state index >= 15 is 0 Å². The van der Waals surface area contributed by atoms with E-state index in [-0.39, 0.29) is 12.5 Å². The summed E-state index contributed by atoms with van der Waals surface area (Å²) in [5.41, 5.74) is -0.832. The normalized spacial score (nSPS) is 18.0. The standard InChI is InChI=1S/C23H23ClF3NO4/c24-18-11-15(12-19-20(18)32-8-2-7-31-19)14-28-21(29)22(5-9-30-10-6-22)16-3-1-4-17(13-16)23(25,26)27/h1,3-4,11-13H,2,5-10,14H2,(H,28,29). The third-order valence-corrected chi connectivity index (χ3v) is 6.12. The van der Waals surface area contributed by atoms with E-state index in [2.05, 4.69) is 5.32 Å². The minimum Gasteiger partial charge on any atom is -0.489 e. The number of carbonyl (C=O) groups is 1. The first-order chi connectivity index (χ1) is 15.3. The van der Waals surface area contributed by atoms with Crippen LogP contribution in [0.15, 0.2) is 36.4 Å². The molecule has 2 aromatic carbocycles. The van der Waals surface area contributed by atoms with Crippen molar-refractivity contribution in [3.05, 3.63) is 58.1 Å². The highest BCUT2D eigenvalue weighted by Crippen LogP contribution is 2.40. The molecule has 5 nitrogen and oxygen atoms in total. The van der Waals surface area contributed by atoms with E-state index in [1.807, 2.05) is 0 Å². The van der Waals surface area contributed by atoms with Gasteiger partial charge in [0.05, 0.1) is 29.2 Å². The predicted molar refractivity (Wildman–Crippen MR) is 112 cm³/mol. The van der Waals surface area contributed by atoms with Gasteiger partial charge in [0, 0.05) is 26.2 Å². The van der Waals surface area contributed by atoms with Gasteiger partial charge in [-0.3, -0.25) is 4.79 Å². The van der Waals surface area contributed by atoms with E-state index in [1.165, 1.54) is 6.07 Å². The quantitative estimate of drug-likeness (QED) is 0.693. The predicted octanol–water partition coefficient (Wildman–Crippen LogP) is 4.88. The number of rotatable bonds is 4. The largest absolute Gasteiger partial charge is 0.489 e. The molecule has 32 heavy (non-hydrogen) atoms. The van der Waals surface area contributed by atoms with Crippen LogP contribution in [0.4, 0.5) is 13.2 Å². The van der Waals surface area contributed by atoms with Gasteiger partial charge in [-0.05, 0) is 42.2 Å². The minimum absolute atomic E-state index is 0.150. The SMILES string of the molecule is O=C(NCc1cc(Cl)c2c(c1)OCCCO2)C1(c2cccc(C(F)(F)F)c2)CCOCC1. The number of nitrogens with one attached hydrogen (secondary N) is 1. The fraction of sp³-hybridized carbons (Fsp3) is 0.435. The molecule has 2 aromatic rings. The first-order valence-corrected chi connectivity index (χ1v) is 10.8. The zero-order chi connectivity index (χ0) is 22.8. The molecule has 2 aliphatic rings. The maximum absolute atomic E-state index is 13.3. The Morgan fingerprint density at radius 1 is 1.06 bits per heavy atom. The zero-order valence-electron chi connectivity index (χ0n) is 17.3. The fourth-order valence-electron chi connectivity index (χ4n) is 4.10. The van der Waals surface area contributed by atoms with Crippen LogP contribution in [0.2, 0.25) is 5.02 Å². The van der Waals surface area contributed by atoms with E-state index in [0.29, 0.717) is 66.9 Å². The third kappa shape index (κ3) is 4.66. The molecule has 4 rings (SSSR count). The highest BCUT2D eigenvalue weighted by atomic mass is 35.5. The molecule has 0 spiro atoms. The molecule has 0 radical (unpaired) electrons. The molecule has 0 atom stereocenters. The molecule has 172 valence electrons. The Morgan fingerprint density at radius 3 is 2.56 bits per heavy atom. The molecular weight excluding hydrogens is 447 g/mol. The monoisotopic (exact) mass is 469 g/mol. The van der Waals surface area contributed by atoms with Crippen LogP contribution in [-0.2, 0) is 27.7 Å². The molecular formula is C23H23ClF3NO4. The average molecular weight is 470 g/mol. The lowest BCUT2D eigenvalue weighted by Crippen LogP contribution is -2.47. The Balaban J connectivity index is 1.57. The summed E-state index contributed by atoms with van der Waals surface area (Å²) in [4.78, 5) is 13.3. The van der Waals surface area contributed by atoms with Crippen LogP contribution in [0.1, 0.15) is 36.0 Å². The van der Waals surface area contributed by atoms with E-state index in [1.54, 1.807) is 18.2 Å². The van der Waals surface area contributed by atoms with Gasteiger partial charge in [-0.1, -0.05) is 29.8 Å². The van der Waals surface area contributed by atoms with Crippen LogP contribution in [0.3, 0.4) is 0 Å². The number of benzene rings is 2. The van der Waals surface area contributed by atoms with Crippen LogP contribution in [-0.4, -0.2) is 32.3 Å². The summed E-state index contributed by atoms with van der Waals surface area (Å²) in [6, 6.07) is 8.43. The second kappa shape index (κ2) is 9.19. The van der Waals surface area contributed by atoms with Gasteiger partial charge in [-0.25, -0.2) is 0 Å². The number of carbonyl (C=O) groups excluding carboxylic acids is 1. The van der Waals surface area contributed by atoms with Crippen molar-refractivity contribution in [1.29, 1.82) is 0 Å². The highest BCUT2D eigenvalue weighted by molar-refractivity contribution is 6.32. The molecule has 2 aliphatic heterocycles. The number of fused-ring (bicyclic) bond motifs is 1. The lowest BCUT2D eigenvalue weighted by molar-refractivity contribution is -0.138. The van der Waals surface area contributed by atoms with Gasteiger partial charge in [0.1, 0.15) is 0 Å². The molecule has 1 fully saturated rings. The fourth-order valence-corrected chi connectivity index (χ4v) is 4.39. The van der Waals surface area contributed by atoms with Crippen molar-refractivity contribution in [3.8, 4) is 11.5 Å². The van der Waals surface area contributed by atoms with Gasteiger partial charge in [0.25, 0.3) is 0 Å². The smallest absolute Gasteiger partial charge is 0.416 e. The second-order valence-electron chi connectivity index (χ2n) is 7.91. The summed E-state index contributed by atoms with van der Waals surface area (Å²) in [6.07, 6.45) is -3.16. The summed E-state index contributed by atoms with van der Waals surface area (Å²) >= 11 is 6.33. The number of ether oxygens (including phenoxy) is 3. The molecule has 1 N–H and O–H groups in total. The summed E-state index contributed by atoms with van der Waals surface area (Å²) in [7, 11) is 0. The Hall–Kier alpha value is -2.45. The summed E-state index contributed by atoms with van der Waals surface area (Å²) in [5, 5.41) is 3.27. The van der Waals surface area contributed by atoms with Crippen molar-refractivity contribution < 1.29 is 32.2 Å². The Bertz CT molecular complexity index is 990. The van der Waals surface area contributed by atoms with Gasteiger partial charge in [-0.2, -0.15) is 13.2 Å². The topological polar surface area (TPSA) is 56.8 Å². The zero-order valence-corrected chi connectivity index (χ0v) is 18.0. The molecule has 9 heteroatoms.